The highest BCUT2D eigenvalue weighted by atomic mass is 32.2. The third-order valence-electron chi connectivity index (χ3n) is 2.86. The van der Waals surface area contributed by atoms with Gasteiger partial charge in [-0.15, -0.1) is 0 Å². The Morgan fingerprint density at radius 1 is 1.28 bits per heavy atom. The maximum absolute atomic E-state index is 11.8. The first-order valence-corrected chi connectivity index (χ1v) is 6.45. The van der Waals surface area contributed by atoms with Gasteiger partial charge in [-0.3, -0.25) is 9.35 Å². The predicted octanol–water partition coefficient (Wildman–Crippen LogP) is -1.74. The normalized spacial score (nSPS) is 32.3. The largest absolute Gasteiger partial charge is 0.387 e. The minimum absolute atomic E-state index is 0.0510. The molecule has 0 radical (unpaired) electrons. The van der Waals surface area contributed by atoms with Crippen LogP contribution in [0.15, 0.2) is 34.3 Å². The number of ketones is 1. The molecule has 18 heavy (non-hydrogen) atoms. The van der Waals surface area contributed by atoms with Gasteiger partial charge in [-0.1, -0.05) is 12.2 Å². The van der Waals surface area contributed by atoms with Crippen molar-refractivity contribution in [2.75, 3.05) is 0 Å². The van der Waals surface area contributed by atoms with E-state index in [0.717, 1.165) is 6.08 Å². The zero-order valence-electron chi connectivity index (χ0n) is 9.02. The van der Waals surface area contributed by atoms with E-state index in [1.54, 1.807) is 0 Å². The fraction of sp³-hybridized carbons (Fsp3) is 0.300. The smallest absolute Gasteiger partial charge is 0.293 e. The molecule has 0 amide bonds. The number of hydrogen-bond acceptors (Lipinski definition) is 6. The van der Waals surface area contributed by atoms with Gasteiger partial charge in [0, 0.05) is 5.57 Å². The second-order valence-electron chi connectivity index (χ2n) is 4.03. The van der Waals surface area contributed by atoms with Crippen molar-refractivity contribution in [3.05, 3.63) is 34.3 Å². The van der Waals surface area contributed by atoms with Gasteiger partial charge in [0.25, 0.3) is 10.1 Å². The summed E-state index contributed by atoms with van der Waals surface area (Å²) in [6.45, 7) is 0. The van der Waals surface area contributed by atoms with Crippen molar-refractivity contribution in [2.45, 2.75) is 18.2 Å². The maximum atomic E-state index is 11.8. The van der Waals surface area contributed by atoms with Crippen LogP contribution in [0.4, 0.5) is 0 Å². The Kier molecular flexibility index (Phi) is 2.99. The number of Topliss-reactive ketones (excluding diaryl/α,β-unsaturated/α-hetero) is 1. The van der Waals surface area contributed by atoms with E-state index in [4.69, 9.17) is 10.3 Å². The van der Waals surface area contributed by atoms with E-state index in [-0.39, 0.29) is 11.1 Å². The second-order valence-corrected chi connectivity index (χ2v) is 5.45. The predicted molar refractivity (Wildman–Crippen MR) is 60.8 cm³/mol. The Bertz CT molecular complexity index is 600. The number of aliphatic hydroxyl groups excluding tert-OH is 2. The summed E-state index contributed by atoms with van der Waals surface area (Å²) in [6, 6.07) is -1.04. The lowest BCUT2D eigenvalue weighted by Gasteiger charge is -2.29. The van der Waals surface area contributed by atoms with Gasteiger partial charge in [-0.05, 0) is 11.6 Å². The maximum Gasteiger partial charge on any atom is 0.293 e. The number of aliphatic hydroxyl groups is 2. The first-order valence-electron chi connectivity index (χ1n) is 5.01. The highest BCUT2D eigenvalue weighted by Crippen LogP contribution is 2.30. The molecule has 0 spiro atoms. The molecule has 0 aromatic carbocycles. The first-order chi connectivity index (χ1) is 8.23. The minimum atomic E-state index is -4.67. The Balaban J connectivity index is 2.62. The van der Waals surface area contributed by atoms with Gasteiger partial charge in [0.2, 0.25) is 0 Å². The molecule has 0 aromatic heterocycles. The summed E-state index contributed by atoms with van der Waals surface area (Å²) in [7, 11) is -4.67. The van der Waals surface area contributed by atoms with Crippen LogP contribution in [-0.4, -0.2) is 47.2 Å². The summed E-state index contributed by atoms with van der Waals surface area (Å²) in [5.41, 5.74) is 5.72. The highest BCUT2D eigenvalue weighted by molar-refractivity contribution is 7.89. The lowest BCUT2D eigenvalue weighted by Crippen LogP contribution is -2.45. The summed E-state index contributed by atoms with van der Waals surface area (Å²) < 4.78 is 30.9. The minimum Gasteiger partial charge on any atom is -0.387 e. The van der Waals surface area contributed by atoms with Crippen LogP contribution < -0.4 is 5.73 Å². The lowest BCUT2D eigenvalue weighted by molar-refractivity contribution is -0.122. The topological polar surface area (TPSA) is 138 Å². The Labute approximate surface area is 103 Å². The summed E-state index contributed by atoms with van der Waals surface area (Å²) in [6.07, 6.45) is 0.508. The average Bonchev–Trinajstić information content (AvgIpc) is 2.26. The molecular weight excluding hydrogens is 262 g/mol. The molecule has 0 heterocycles. The summed E-state index contributed by atoms with van der Waals surface area (Å²) in [4.78, 5) is 11.0. The number of allylic oxidation sites excluding steroid dienone is 3. The van der Waals surface area contributed by atoms with E-state index >= 15 is 0 Å². The van der Waals surface area contributed by atoms with Gasteiger partial charge in [0.1, 0.15) is 4.91 Å². The van der Waals surface area contributed by atoms with Gasteiger partial charge >= 0.3 is 0 Å². The van der Waals surface area contributed by atoms with E-state index < -0.39 is 39.1 Å². The summed E-state index contributed by atoms with van der Waals surface area (Å²) in [5, 5.41) is 19.0. The number of nitrogens with two attached hydrogens (primary N) is 1. The van der Waals surface area contributed by atoms with Crippen LogP contribution in [0.25, 0.3) is 0 Å². The summed E-state index contributed by atoms with van der Waals surface area (Å²) >= 11 is 0. The molecule has 2 unspecified atom stereocenters. The number of carbonyl (C=O) groups excluding carboxylic acids is 1. The van der Waals surface area contributed by atoms with Crippen LogP contribution >= 0.6 is 0 Å². The lowest BCUT2D eigenvalue weighted by atomic mass is 9.83. The van der Waals surface area contributed by atoms with E-state index in [0.29, 0.717) is 0 Å². The van der Waals surface area contributed by atoms with Gasteiger partial charge in [0.05, 0.1) is 12.1 Å². The van der Waals surface area contributed by atoms with Crippen molar-refractivity contribution in [3.8, 4) is 0 Å². The van der Waals surface area contributed by atoms with Crippen molar-refractivity contribution in [3.63, 3.8) is 0 Å². The SMILES string of the molecule is NC1C2=C(C=C[C@H]1O)C=C(S(=O)(=O)O)C(O)C2=O. The van der Waals surface area contributed by atoms with Crippen LogP contribution in [0.3, 0.4) is 0 Å². The molecule has 2 aliphatic carbocycles. The zero-order valence-corrected chi connectivity index (χ0v) is 9.83. The molecule has 8 heteroatoms. The molecule has 0 saturated carbocycles. The van der Waals surface area contributed by atoms with E-state index in [1.807, 2.05) is 0 Å². The van der Waals surface area contributed by atoms with Crippen molar-refractivity contribution in [1.29, 1.82) is 0 Å². The van der Waals surface area contributed by atoms with Crippen LogP contribution in [0.5, 0.6) is 0 Å². The number of carbonyl (C=O) groups is 1. The molecular formula is C10H11NO6S. The zero-order chi connectivity index (χ0) is 13.7. The Hall–Kier alpha value is -1.32. The molecule has 2 rings (SSSR count). The van der Waals surface area contributed by atoms with Crippen molar-refractivity contribution >= 4 is 15.9 Å². The average molecular weight is 273 g/mol. The molecule has 3 atom stereocenters. The molecule has 0 aliphatic heterocycles. The van der Waals surface area contributed by atoms with Crippen LogP contribution in [-0.2, 0) is 14.9 Å². The first kappa shape index (κ1) is 13.1. The quantitative estimate of drug-likeness (QED) is 0.416. The monoisotopic (exact) mass is 273 g/mol. The fourth-order valence-electron chi connectivity index (χ4n) is 1.93. The van der Waals surface area contributed by atoms with Crippen LogP contribution in [0.1, 0.15) is 0 Å². The molecule has 2 aliphatic rings. The van der Waals surface area contributed by atoms with E-state index in [1.165, 1.54) is 12.2 Å². The third kappa shape index (κ3) is 1.93. The molecule has 0 saturated heterocycles. The van der Waals surface area contributed by atoms with E-state index in [9.17, 15) is 23.4 Å². The molecule has 0 bridgehead atoms. The molecule has 0 fully saturated rings. The van der Waals surface area contributed by atoms with Crippen molar-refractivity contribution < 1.29 is 28.0 Å². The van der Waals surface area contributed by atoms with Gasteiger partial charge in [0.15, 0.2) is 11.9 Å². The Morgan fingerprint density at radius 3 is 2.44 bits per heavy atom. The van der Waals surface area contributed by atoms with Crippen LogP contribution in [0, 0.1) is 0 Å². The molecule has 7 nitrogen and oxygen atoms in total. The van der Waals surface area contributed by atoms with Gasteiger partial charge in [-0.25, -0.2) is 0 Å². The molecule has 5 N–H and O–H groups in total. The van der Waals surface area contributed by atoms with Gasteiger partial charge < -0.3 is 15.9 Å². The highest BCUT2D eigenvalue weighted by Gasteiger charge is 2.39. The molecule has 98 valence electrons. The standard InChI is InChI=1S/C10H11NO6S/c11-8-5(12)2-1-4-3-6(18(15,16)17)9(13)10(14)7(4)8/h1-3,5,8-9,12-13H,11H2,(H,15,16,17)/t5-,8?,9?/m1/s1. The van der Waals surface area contributed by atoms with E-state index in [2.05, 4.69) is 0 Å². The fourth-order valence-corrected chi connectivity index (χ4v) is 2.60. The Morgan fingerprint density at radius 2 is 1.89 bits per heavy atom. The summed E-state index contributed by atoms with van der Waals surface area (Å²) in [5.74, 6) is -0.934. The van der Waals surface area contributed by atoms with Gasteiger partial charge in [-0.2, -0.15) is 8.42 Å². The third-order valence-corrected chi connectivity index (χ3v) is 3.80. The second kappa shape index (κ2) is 4.11. The number of rotatable bonds is 1. The van der Waals surface area contributed by atoms with Crippen molar-refractivity contribution in [1.82, 2.24) is 0 Å². The van der Waals surface area contributed by atoms with Crippen LogP contribution in [0.2, 0.25) is 0 Å². The number of hydrogen-bond donors (Lipinski definition) is 4. The van der Waals surface area contributed by atoms with Crippen molar-refractivity contribution in [2.24, 2.45) is 5.73 Å². The molecule has 0 aromatic rings.